The van der Waals surface area contributed by atoms with E-state index in [4.69, 9.17) is 9.15 Å². The minimum Gasteiger partial charge on any atom is -0.497 e. The Morgan fingerprint density at radius 2 is 1.96 bits per heavy atom. The zero-order valence-electron chi connectivity index (χ0n) is 12.9. The van der Waals surface area contributed by atoms with Gasteiger partial charge in [0.15, 0.2) is 0 Å². The molecule has 5 heteroatoms. The monoisotopic (exact) mass is 326 g/mol. The molecule has 2 heterocycles. The van der Waals surface area contributed by atoms with Crippen LogP contribution in [0.25, 0.3) is 11.5 Å². The van der Waals surface area contributed by atoms with Gasteiger partial charge in [0.2, 0.25) is 5.89 Å². The van der Waals surface area contributed by atoms with Crippen molar-refractivity contribution in [2.45, 2.75) is 12.2 Å². The largest absolute Gasteiger partial charge is 0.497 e. The van der Waals surface area contributed by atoms with E-state index in [1.807, 2.05) is 54.4 Å². The van der Waals surface area contributed by atoms with Crippen molar-refractivity contribution >= 4 is 11.8 Å². The Kier molecular flexibility index (Phi) is 5.32. The van der Waals surface area contributed by atoms with Crippen LogP contribution < -0.4 is 4.74 Å². The summed E-state index contributed by atoms with van der Waals surface area (Å²) >= 11 is 1.83. The summed E-state index contributed by atoms with van der Waals surface area (Å²) in [5.74, 6) is 3.33. The summed E-state index contributed by atoms with van der Waals surface area (Å²) in [4.78, 5) is 8.86. The molecule has 3 aromatic rings. The van der Waals surface area contributed by atoms with Gasteiger partial charge in [0.1, 0.15) is 12.0 Å². The average Bonchev–Trinajstić information content (AvgIpc) is 3.09. The van der Waals surface area contributed by atoms with E-state index in [9.17, 15) is 0 Å². The van der Waals surface area contributed by atoms with Crippen LogP contribution in [0.4, 0.5) is 0 Å². The van der Waals surface area contributed by atoms with E-state index in [0.29, 0.717) is 5.89 Å². The predicted molar refractivity (Wildman–Crippen MR) is 92.6 cm³/mol. The Hall–Kier alpha value is -2.27. The lowest BCUT2D eigenvalue weighted by Gasteiger charge is -2.00. The van der Waals surface area contributed by atoms with E-state index in [2.05, 4.69) is 16.0 Å². The minimum absolute atomic E-state index is 0.646. The highest BCUT2D eigenvalue weighted by Gasteiger charge is 2.07. The number of oxazole rings is 1. The number of aromatic nitrogens is 2. The minimum atomic E-state index is 0.646. The molecule has 0 N–H and O–H groups in total. The van der Waals surface area contributed by atoms with Gasteiger partial charge in [-0.15, -0.1) is 0 Å². The molecule has 23 heavy (non-hydrogen) atoms. The fraction of sp³-hybridized carbons (Fsp3) is 0.222. The quantitative estimate of drug-likeness (QED) is 0.608. The first-order valence-electron chi connectivity index (χ1n) is 7.41. The Morgan fingerprint density at radius 1 is 1.09 bits per heavy atom. The molecule has 0 saturated heterocycles. The Morgan fingerprint density at radius 3 is 2.70 bits per heavy atom. The van der Waals surface area contributed by atoms with E-state index >= 15 is 0 Å². The van der Waals surface area contributed by atoms with E-state index in [1.54, 1.807) is 13.4 Å². The second-order valence-electron chi connectivity index (χ2n) is 5.00. The summed E-state index contributed by atoms with van der Waals surface area (Å²) in [6.45, 7) is 0. The molecule has 4 nitrogen and oxygen atoms in total. The highest BCUT2D eigenvalue weighted by molar-refractivity contribution is 7.98. The van der Waals surface area contributed by atoms with Crippen LogP contribution in [0.1, 0.15) is 11.4 Å². The number of hydrogen-bond acceptors (Lipinski definition) is 5. The summed E-state index contributed by atoms with van der Waals surface area (Å²) in [5.41, 5.74) is 3.04. The van der Waals surface area contributed by atoms with E-state index in [1.165, 1.54) is 0 Å². The first-order valence-corrected chi connectivity index (χ1v) is 8.57. The fourth-order valence-corrected chi connectivity index (χ4v) is 2.98. The molecule has 0 atom stereocenters. The van der Waals surface area contributed by atoms with Gasteiger partial charge in [-0.1, -0.05) is 6.07 Å². The Balaban J connectivity index is 1.51. The van der Waals surface area contributed by atoms with Gasteiger partial charge in [-0.05, 0) is 48.6 Å². The third-order valence-corrected chi connectivity index (χ3v) is 4.36. The molecule has 1 aromatic carbocycles. The maximum absolute atomic E-state index is 5.56. The maximum atomic E-state index is 5.56. The smallest absolute Gasteiger partial charge is 0.226 e. The van der Waals surface area contributed by atoms with Crippen molar-refractivity contribution in [3.8, 4) is 17.2 Å². The highest BCUT2D eigenvalue weighted by atomic mass is 32.2. The molecule has 0 aliphatic carbocycles. The van der Waals surface area contributed by atoms with Crippen molar-refractivity contribution in [1.82, 2.24) is 9.97 Å². The molecule has 0 spiro atoms. The number of rotatable bonds is 7. The zero-order chi connectivity index (χ0) is 15.9. The van der Waals surface area contributed by atoms with Gasteiger partial charge in [0.05, 0.1) is 12.8 Å². The molecule has 0 bridgehead atoms. The Bertz CT molecular complexity index is 726. The zero-order valence-corrected chi connectivity index (χ0v) is 13.8. The van der Waals surface area contributed by atoms with Crippen LogP contribution in [0, 0.1) is 0 Å². The number of nitrogens with zero attached hydrogens (tertiary/aromatic N) is 2. The second kappa shape index (κ2) is 7.83. The third-order valence-electron chi connectivity index (χ3n) is 3.37. The molecule has 2 aromatic heterocycles. The van der Waals surface area contributed by atoms with Crippen LogP contribution in [0.3, 0.4) is 0 Å². The molecule has 0 amide bonds. The molecular weight excluding hydrogens is 308 g/mol. The summed E-state index contributed by atoms with van der Waals surface area (Å²) in [7, 11) is 1.65. The number of hydrogen-bond donors (Lipinski definition) is 0. The molecule has 118 valence electrons. The number of benzene rings is 1. The van der Waals surface area contributed by atoms with Crippen LogP contribution in [0.5, 0.6) is 5.75 Å². The van der Waals surface area contributed by atoms with Gasteiger partial charge in [-0.25, -0.2) is 4.98 Å². The summed E-state index contributed by atoms with van der Waals surface area (Å²) in [6.07, 6.45) is 4.53. The van der Waals surface area contributed by atoms with Crippen LogP contribution in [-0.4, -0.2) is 22.8 Å². The standard InChI is InChI=1S/C18H18N2O2S/c1-21-17-7-5-14(6-8-17)18-20-16(12-22-18)13-23-11-9-15-4-2-3-10-19-15/h2-8,10,12H,9,11,13H2,1H3. The number of methoxy groups -OCH3 is 1. The first-order chi connectivity index (χ1) is 11.3. The molecule has 0 radical (unpaired) electrons. The second-order valence-corrected chi connectivity index (χ2v) is 6.10. The molecule has 0 aliphatic heterocycles. The summed E-state index contributed by atoms with van der Waals surface area (Å²) in [5, 5.41) is 0. The lowest BCUT2D eigenvalue weighted by atomic mass is 10.2. The summed E-state index contributed by atoms with van der Waals surface area (Å²) < 4.78 is 10.7. The van der Waals surface area contributed by atoms with Crippen LogP contribution >= 0.6 is 11.8 Å². The fourth-order valence-electron chi connectivity index (χ4n) is 2.14. The maximum Gasteiger partial charge on any atom is 0.226 e. The normalized spacial score (nSPS) is 10.7. The highest BCUT2D eigenvalue weighted by Crippen LogP contribution is 2.23. The summed E-state index contributed by atoms with van der Waals surface area (Å²) in [6, 6.07) is 13.7. The van der Waals surface area contributed by atoms with Gasteiger partial charge in [-0.3, -0.25) is 4.98 Å². The van der Waals surface area contributed by atoms with Crippen molar-refractivity contribution in [2.75, 3.05) is 12.9 Å². The van der Waals surface area contributed by atoms with Gasteiger partial charge in [-0.2, -0.15) is 11.8 Å². The molecule has 0 fully saturated rings. The molecule has 0 saturated carbocycles. The van der Waals surface area contributed by atoms with Gasteiger partial charge in [0, 0.05) is 23.2 Å². The van der Waals surface area contributed by atoms with Crippen molar-refractivity contribution in [3.05, 3.63) is 66.3 Å². The van der Waals surface area contributed by atoms with Crippen LogP contribution in [-0.2, 0) is 12.2 Å². The number of thioether (sulfide) groups is 1. The molecular formula is C18H18N2O2S. The molecule has 0 aliphatic rings. The van der Waals surface area contributed by atoms with Crippen molar-refractivity contribution < 1.29 is 9.15 Å². The van der Waals surface area contributed by atoms with Gasteiger partial charge < -0.3 is 9.15 Å². The topological polar surface area (TPSA) is 48.2 Å². The van der Waals surface area contributed by atoms with Gasteiger partial charge in [0.25, 0.3) is 0 Å². The van der Waals surface area contributed by atoms with E-state index in [-0.39, 0.29) is 0 Å². The third kappa shape index (κ3) is 4.36. The Labute approximate surface area is 139 Å². The molecule has 3 rings (SSSR count). The van der Waals surface area contributed by atoms with Crippen molar-refractivity contribution in [1.29, 1.82) is 0 Å². The average molecular weight is 326 g/mol. The van der Waals surface area contributed by atoms with Crippen LogP contribution in [0.2, 0.25) is 0 Å². The lowest BCUT2D eigenvalue weighted by Crippen LogP contribution is -1.92. The van der Waals surface area contributed by atoms with Crippen LogP contribution in [0.15, 0.2) is 59.3 Å². The number of aryl methyl sites for hydroxylation is 1. The SMILES string of the molecule is COc1ccc(-c2nc(CSCCc3ccccn3)co2)cc1. The molecule has 0 unspecified atom stereocenters. The van der Waals surface area contributed by atoms with Crippen molar-refractivity contribution in [2.24, 2.45) is 0 Å². The van der Waals surface area contributed by atoms with Gasteiger partial charge >= 0.3 is 0 Å². The lowest BCUT2D eigenvalue weighted by molar-refractivity contribution is 0.415. The van der Waals surface area contributed by atoms with E-state index < -0.39 is 0 Å². The van der Waals surface area contributed by atoms with Crippen molar-refractivity contribution in [3.63, 3.8) is 0 Å². The first kappa shape index (κ1) is 15.6. The predicted octanol–water partition coefficient (Wildman–Crippen LogP) is 4.22. The number of ether oxygens (including phenoxy) is 1. The van der Waals surface area contributed by atoms with E-state index in [0.717, 1.165) is 40.6 Å². The number of pyridine rings is 1.